The van der Waals surface area contributed by atoms with Crippen molar-refractivity contribution in [3.63, 3.8) is 0 Å². The van der Waals surface area contributed by atoms with E-state index in [4.69, 9.17) is 12.2 Å². The van der Waals surface area contributed by atoms with E-state index < -0.39 is 0 Å². The highest BCUT2D eigenvalue weighted by Crippen LogP contribution is 2.25. The molecule has 0 amide bonds. The van der Waals surface area contributed by atoms with E-state index in [0.717, 1.165) is 22.4 Å². The number of rotatable bonds is 1. The molecular formula is C16H13N5. The third-order valence-electron chi connectivity index (χ3n) is 3.33. The predicted molar refractivity (Wildman–Crippen MR) is 82.4 cm³/mol. The van der Waals surface area contributed by atoms with Gasteiger partial charge in [0.15, 0.2) is 11.6 Å². The van der Waals surface area contributed by atoms with E-state index in [-0.39, 0.29) is 0 Å². The maximum Gasteiger partial charge on any atom is 0.160 e. The van der Waals surface area contributed by atoms with Gasteiger partial charge >= 0.3 is 0 Å². The van der Waals surface area contributed by atoms with Gasteiger partial charge in [-0.1, -0.05) is 12.0 Å². The molecule has 0 aliphatic carbocycles. The Bertz CT molecular complexity index is 893. The average Bonchev–Trinajstić information content (AvgIpc) is 2.49. The minimum Gasteiger partial charge on any atom is -0.382 e. The zero-order valence-corrected chi connectivity index (χ0v) is 11.8. The van der Waals surface area contributed by atoms with E-state index in [0.29, 0.717) is 22.7 Å². The van der Waals surface area contributed by atoms with Crippen molar-refractivity contribution < 1.29 is 0 Å². The van der Waals surface area contributed by atoms with Crippen LogP contribution in [0.2, 0.25) is 0 Å². The van der Waals surface area contributed by atoms with E-state index in [2.05, 4.69) is 25.9 Å². The summed E-state index contributed by atoms with van der Waals surface area (Å²) in [6.45, 7) is 3.86. The van der Waals surface area contributed by atoms with Crippen LogP contribution < -0.4 is 5.73 Å². The molecule has 5 heteroatoms. The molecule has 0 saturated carbocycles. The van der Waals surface area contributed by atoms with Crippen molar-refractivity contribution in [2.75, 3.05) is 5.73 Å². The Morgan fingerprint density at radius 3 is 2.67 bits per heavy atom. The molecule has 0 atom stereocenters. The van der Waals surface area contributed by atoms with Crippen LogP contribution in [0.3, 0.4) is 0 Å². The van der Waals surface area contributed by atoms with Crippen molar-refractivity contribution >= 4 is 16.9 Å². The number of nitrogens with two attached hydrogens (primary N) is 1. The standard InChI is InChI=1S/C16H13N5/c1-4-11-6-5-9(2)12(7-11)16-20-10(3)13-14(21-16)15(17)19-8-18-13/h1,5-8H,2-3H3,(H2,17,18,19). The molecule has 1 aromatic carbocycles. The van der Waals surface area contributed by atoms with Crippen LogP contribution in [0.4, 0.5) is 5.82 Å². The van der Waals surface area contributed by atoms with Gasteiger partial charge in [0.2, 0.25) is 0 Å². The number of aromatic nitrogens is 4. The summed E-state index contributed by atoms with van der Waals surface area (Å²) in [6, 6.07) is 5.75. The highest BCUT2D eigenvalue weighted by Gasteiger charge is 2.12. The van der Waals surface area contributed by atoms with Gasteiger partial charge in [-0.15, -0.1) is 6.42 Å². The lowest BCUT2D eigenvalue weighted by molar-refractivity contribution is 1.11. The highest BCUT2D eigenvalue weighted by atomic mass is 15.0. The molecule has 21 heavy (non-hydrogen) atoms. The molecular weight excluding hydrogens is 262 g/mol. The zero-order valence-electron chi connectivity index (χ0n) is 11.8. The number of hydrogen-bond acceptors (Lipinski definition) is 5. The number of hydrogen-bond donors (Lipinski definition) is 1. The van der Waals surface area contributed by atoms with Gasteiger partial charge in [0.1, 0.15) is 17.4 Å². The van der Waals surface area contributed by atoms with Gasteiger partial charge in [-0.05, 0) is 31.5 Å². The molecule has 0 aliphatic heterocycles. The fourth-order valence-electron chi connectivity index (χ4n) is 2.18. The monoisotopic (exact) mass is 275 g/mol. The van der Waals surface area contributed by atoms with Gasteiger partial charge in [-0.3, -0.25) is 0 Å². The lowest BCUT2D eigenvalue weighted by Crippen LogP contribution is -2.02. The summed E-state index contributed by atoms with van der Waals surface area (Å²) in [5.74, 6) is 3.55. The predicted octanol–water partition coefficient (Wildman–Crippen LogP) is 2.27. The van der Waals surface area contributed by atoms with Gasteiger partial charge in [-0.2, -0.15) is 0 Å². The number of benzene rings is 1. The lowest BCUT2D eigenvalue weighted by Gasteiger charge is -2.09. The van der Waals surface area contributed by atoms with Gasteiger partial charge < -0.3 is 5.73 Å². The molecule has 102 valence electrons. The van der Waals surface area contributed by atoms with Crippen molar-refractivity contribution in [3.05, 3.63) is 41.3 Å². The first-order valence-electron chi connectivity index (χ1n) is 6.42. The number of nitrogens with zero attached hydrogens (tertiary/aromatic N) is 4. The van der Waals surface area contributed by atoms with Gasteiger partial charge in [-0.25, -0.2) is 19.9 Å². The van der Waals surface area contributed by atoms with Crippen LogP contribution in [0.15, 0.2) is 24.5 Å². The van der Waals surface area contributed by atoms with E-state index in [1.165, 1.54) is 6.33 Å². The highest BCUT2D eigenvalue weighted by molar-refractivity contribution is 5.86. The quantitative estimate of drug-likeness (QED) is 0.689. The second kappa shape index (κ2) is 4.84. The molecule has 5 nitrogen and oxygen atoms in total. The van der Waals surface area contributed by atoms with Gasteiger partial charge in [0, 0.05) is 11.1 Å². The molecule has 3 aromatic rings. The van der Waals surface area contributed by atoms with Crippen molar-refractivity contribution in [2.45, 2.75) is 13.8 Å². The maximum atomic E-state index is 5.89. The van der Waals surface area contributed by atoms with E-state index >= 15 is 0 Å². The van der Waals surface area contributed by atoms with Crippen LogP contribution in [-0.4, -0.2) is 19.9 Å². The normalized spacial score (nSPS) is 10.5. The van der Waals surface area contributed by atoms with Crippen LogP contribution >= 0.6 is 0 Å². The molecule has 0 spiro atoms. The summed E-state index contributed by atoms with van der Waals surface area (Å²) >= 11 is 0. The first kappa shape index (κ1) is 13.0. The Labute approximate surface area is 122 Å². The minimum atomic E-state index is 0.345. The largest absolute Gasteiger partial charge is 0.382 e. The molecule has 0 aliphatic rings. The summed E-state index contributed by atoms with van der Waals surface area (Å²) in [7, 11) is 0. The SMILES string of the molecule is C#Cc1ccc(C)c(-c2nc(C)c3ncnc(N)c3n2)c1. The number of aryl methyl sites for hydroxylation is 2. The second-order valence-corrected chi connectivity index (χ2v) is 4.76. The van der Waals surface area contributed by atoms with Crippen LogP contribution in [0.25, 0.3) is 22.4 Å². The van der Waals surface area contributed by atoms with E-state index in [1.54, 1.807) is 0 Å². The summed E-state index contributed by atoms with van der Waals surface area (Å²) in [6.07, 6.45) is 6.88. The number of anilines is 1. The average molecular weight is 275 g/mol. The fourth-order valence-corrected chi connectivity index (χ4v) is 2.18. The molecule has 0 fully saturated rings. The second-order valence-electron chi connectivity index (χ2n) is 4.76. The van der Waals surface area contributed by atoms with Crippen LogP contribution in [-0.2, 0) is 0 Å². The van der Waals surface area contributed by atoms with Crippen molar-refractivity contribution in [3.8, 4) is 23.7 Å². The summed E-state index contributed by atoms with van der Waals surface area (Å²) in [5, 5.41) is 0. The molecule has 3 rings (SSSR count). The van der Waals surface area contributed by atoms with Crippen molar-refractivity contribution in [2.24, 2.45) is 0 Å². The minimum absolute atomic E-state index is 0.345. The molecule has 0 bridgehead atoms. The molecule has 2 heterocycles. The maximum absolute atomic E-state index is 5.89. The van der Waals surface area contributed by atoms with Crippen LogP contribution in [0.1, 0.15) is 16.8 Å². The van der Waals surface area contributed by atoms with Crippen molar-refractivity contribution in [1.29, 1.82) is 0 Å². The lowest BCUT2D eigenvalue weighted by atomic mass is 10.0. The molecule has 2 N–H and O–H groups in total. The molecule has 0 unspecified atom stereocenters. The Kier molecular flexibility index (Phi) is 2.99. The molecule has 0 saturated heterocycles. The summed E-state index contributed by atoms with van der Waals surface area (Å²) in [4.78, 5) is 17.2. The number of fused-ring (bicyclic) bond motifs is 1. The summed E-state index contributed by atoms with van der Waals surface area (Å²) in [5.41, 5.74) is 10.6. The van der Waals surface area contributed by atoms with Gasteiger partial charge in [0.25, 0.3) is 0 Å². The smallest absolute Gasteiger partial charge is 0.160 e. The number of nitrogen functional groups attached to an aromatic ring is 1. The van der Waals surface area contributed by atoms with E-state index in [9.17, 15) is 0 Å². The Hall–Kier alpha value is -3.00. The Morgan fingerprint density at radius 2 is 1.90 bits per heavy atom. The zero-order chi connectivity index (χ0) is 15.0. The first-order chi connectivity index (χ1) is 10.1. The summed E-state index contributed by atoms with van der Waals surface area (Å²) < 4.78 is 0. The van der Waals surface area contributed by atoms with Crippen LogP contribution in [0.5, 0.6) is 0 Å². The topological polar surface area (TPSA) is 77.6 Å². The van der Waals surface area contributed by atoms with Crippen LogP contribution in [0, 0.1) is 26.2 Å². The third kappa shape index (κ3) is 2.17. The fraction of sp³-hybridized carbons (Fsp3) is 0.125. The van der Waals surface area contributed by atoms with Gasteiger partial charge in [0.05, 0.1) is 5.69 Å². The number of terminal acetylenes is 1. The molecule has 0 radical (unpaired) electrons. The Balaban J connectivity index is 2.32. The van der Waals surface area contributed by atoms with E-state index in [1.807, 2.05) is 32.0 Å². The van der Waals surface area contributed by atoms with Crippen molar-refractivity contribution in [1.82, 2.24) is 19.9 Å². The first-order valence-corrected chi connectivity index (χ1v) is 6.42. The molecule has 2 aromatic heterocycles. The third-order valence-corrected chi connectivity index (χ3v) is 3.33. The Morgan fingerprint density at radius 1 is 1.10 bits per heavy atom.